The molecule has 2 aromatic rings. The van der Waals surface area contributed by atoms with Crippen molar-refractivity contribution in [2.45, 2.75) is 13.0 Å². The molecule has 2 aromatic carbocycles. The van der Waals surface area contributed by atoms with Gasteiger partial charge in [0, 0.05) is 18.1 Å². The Labute approximate surface area is 122 Å². The molecule has 0 spiro atoms. The van der Waals surface area contributed by atoms with E-state index in [4.69, 9.17) is 9.84 Å². The largest absolute Gasteiger partial charge is 0.486 e. The first-order valence-electron chi connectivity index (χ1n) is 6.45. The van der Waals surface area contributed by atoms with Gasteiger partial charge in [-0.25, -0.2) is 8.78 Å². The number of rotatable bonds is 4. The molecule has 0 atom stereocenters. The van der Waals surface area contributed by atoms with Gasteiger partial charge in [-0.3, -0.25) is 0 Å². The molecule has 0 fully saturated rings. The molecule has 108 valence electrons. The fraction of sp³-hybridized carbons (Fsp3) is 0.176. The molecule has 0 aliphatic carbocycles. The molecule has 2 rings (SSSR count). The minimum atomic E-state index is -0.721. The van der Waals surface area contributed by atoms with E-state index in [1.807, 2.05) is 24.3 Å². The molecule has 0 saturated carbocycles. The van der Waals surface area contributed by atoms with Crippen LogP contribution >= 0.6 is 0 Å². The van der Waals surface area contributed by atoms with Crippen LogP contribution in [0.15, 0.2) is 42.5 Å². The number of halogens is 2. The Balaban J connectivity index is 1.96. The van der Waals surface area contributed by atoms with Crippen molar-refractivity contribution in [3.63, 3.8) is 0 Å². The number of hydrogen-bond donors (Lipinski definition) is 1. The lowest BCUT2D eigenvalue weighted by Crippen LogP contribution is -1.97. The first-order valence-corrected chi connectivity index (χ1v) is 6.45. The summed E-state index contributed by atoms with van der Waals surface area (Å²) in [6.45, 7) is 0.231. The van der Waals surface area contributed by atoms with Crippen LogP contribution in [-0.4, -0.2) is 11.7 Å². The van der Waals surface area contributed by atoms with Crippen molar-refractivity contribution in [1.82, 2.24) is 0 Å². The third-order valence-corrected chi connectivity index (χ3v) is 2.71. The first-order chi connectivity index (χ1) is 10.2. The predicted molar refractivity (Wildman–Crippen MR) is 75.7 cm³/mol. The molecule has 0 aromatic heterocycles. The average molecular weight is 288 g/mol. The van der Waals surface area contributed by atoms with Gasteiger partial charge in [0.15, 0.2) is 11.6 Å². The third kappa shape index (κ3) is 4.59. The van der Waals surface area contributed by atoms with Gasteiger partial charge in [-0.2, -0.15) is 0 Å². The monoisotopic (exact) mass is 288 g/mol. The molecule has 0 saturated heterocycles. The van der Waals surface area contributed by atoms with Crippen LogP contribution in [0.3, 0.4) is 0 Å². The lowest BCUT2D eigenvalue weighted by atomic mass is 10.1. The van der Waals surface area contributed by atoms with E-state index in [1.54, 1.807) is 0 Å². The van der Waals surface area contributed by atoms with Gasteiger partial charge in [0.2, 0.25) is 0 Å². The lowest BCUT2D eigenvalue weighted by Gasteiger charge is -2.07. The molecule has 1 N–H and O–H groups in total. The highest BCUT2D eigenvalue weighted by Gasteiger charge is 2.04. The number of aliphatic hydroxyl groups excluding tert-OH is 1. The Bertz CT molecular complexity index is 655. The molecule has 0 amide bonds. The second-order valence-corrected chi connectivity index (χ2v) is 4.34. The molecule has 0 heterocycles. The van der Waals surface area contributed by atoms with E-state index < -0.39 is 11.6 Å². The summed E-state index contributed by atoms with van der Waals surface area (Å²) < 4.78 is 31.5. The van der Waals surface area contributed by atoms with E-state index in [2.05, 4.69) is 11.8 Å². The highest BCUT2D eigenvalue weighted by atomic mass is 19.1. The molecule has 0 radical (unpaired) electrons. The molecule has 21 heavy (non-hydrogen) atoms. The summed E-state index contributed by atoms with van der Waals surface area (Å²) in [6.07, 6.45) is 0.439. The second-order valence-electron chi connectivity index (χ2n) is 4.34. The Morgan fingerprint density at radius 3 is 2.48 bits per heavy atom. The molecule has 4 heteroatoms. The maximum Gasteiger partial charge on any atom is 0.167 e. The fourth-order valence-corrected chi connectivity index (χ4v) is 1.66. The third-order valence-electron chi connectivity index (χ3n) is 2.71. The molecule has 0 aliphatic rings. The van der Waals surface area contributed by atoms with Gasteiger partial charge in [0.05, 0.1) is 6.61 Å². The van der Waals surface area contributed by atoms with E-state index >= 15 is 0 Å². The minimum absolute atomic E-state index is 0.0169. The molecule has 0 unspecified atom stereocenters. The Morgan fingerprint density at radius 2 is 1.81 bits per heavy atom. The van der Waals surface area contributed by atoms with Crippen LogP contribution in [0.5, 0.6) is 5.75 Å². The van der Waals surface area contributed by atoms with Crippen LogP contribution in [-0.2, 0) is 6.61 Å². The fourth-order valence-electron chi connectivity index (χ4n) is 1.66. The van der Waals surface area contributed by atoms with E-state index in [0.29, 0.717) is 6.42 Å². The summed E-state index contributed by atoms with van der Waals surface area (Å²) in [5.41, 5.74) is 1.69. The second kappa shape index (κ2) is 7.41. The molecule has 0 bridgehead atoms. The van der Waals surface area contributed by atoms with Crippen LogP contribution in [0.1, 0.15) is 17.5 Å². The first kappa shape index (κ1) is 15.0. The van der Waals surface area contributed by atoms with Crippen LogP contribution in [0.2, 0.25) is 0 Å². The van der Waals surface area contributed by atoms with Crippen LogP contribution < -0.4 is 4.74 Å². The molecular weight excluding hydrogens is 274 g/mol. The van der Waals surface area contributed by atoms with Gasteiger partial charge in [0.25, 0.3) is 0 Å². The zero-order valence-electron chi connectivity index (χ0n) is 11.3. The molecular formula is C17H14F2O2. The van der Waals surface area contributed by atoms with Crippen LogP contribution in [0.25, 0.3) is 0 Å². The van der Waals surface area contributed by atoms with Crippen molar-refractivity contribution in [1.29, 1.82) is 0 Å². The Hall–Kier alpha value is -2.38. The standard InChI is InChI=1S/C17H14F2O2/c18-15-8-9-17(16(19)11-15)21-12-14-6-4-13(5-7-14)3-1-2-10-20/h4-9,11,20H,2,10,12H2. The van der Waals surface area contributed by atoms with Gasteiger partial charge < -0.3 is 9.84 Å². The maximum absolute atomic E-state index is 13.4. The van der Waals surface area contributed by atoms with Gasteiger partial charge in [0.1, 0.15) is 12.4 Å². The summed E-state index contributed by atoms with van der Waals surface area (Å²) >= 11 is 0. The highest BCUT2D eigenvalue weighted by molar-refractivity contribution is 5.36. The van der Waals surface area contributed by atoms with Crippen molar-refractivity contribution >= 4 is 0 Å². The van der Waals surface area contributed by atoms with Gasteiger partial charge in [-0.15, -0.1) is 0 Å². The zero-order valence-corrected chi connectivity index (χ0v) is 11.3. The van der Waals surface area contributed by atoms with Gasteiger partial charge in [-0.1, -0.05) is 24.0 Å². The lowest BCUT2D eigenvalue weighted by molar-refractivity contribution is 0.289. The van der Waals surface area contributed by atoms with Crippen molar-refractivity contribution in [3.8, 4) is 17.6 Å². The zero-order chi connectivity index (χ0) is 15.1. The van der Waals surface area contributed by atoms with Crippen molar-refractivity contribution in [2.75, 3.05) is 6.61 Å². The van der Waals surface area contributed by atoms with Crippen molar-refractivity contribution in [3.05, 3.63) is 65.2 Å². The van der Waals surface area contributed by atoms with Crippen LogP contribution in [0.4, 0.5) is 8.78 Å². The van der Waals surface area contributed by atoms with E-state index in [-0.39, 0.29) is 19.0 Å². The normalized spacial score (nSPS) is 9.86. The van der Waals surface area contributed by atoms with Gasteiger partial charge in [-0.05, 0) is 29.8 Å². The summed E-state index contributed by atoms with van der Waals surface area (Å²) in [5, 5.41) is 8.63. The summed E-state index contributed by atoms with van der Waals surface area (Å²) in [5.74, 6) is 4.40. The SMILES string of the molecule is OCCC#Cc1ccc(COc2ccc(F)cc2F)cc1. The number of aliphatic hydroxyl groups is 1. The van der Waals surface area contributed by atoms with Gasteiger partial charge >= 0.3 is 0 Å². The number of hydrogen-bond acceptors (Lipinski definition) is 2. The quantitative estimate of drug-likeness (QED) is 0.875. The Kier molecular flexibility index (Phi) is 5.30. The summed E-state index contributed by atoms with van der Waals surface area (Å²) in [7, 11) is 0. The predicted octanol–water partition coefficient (Wildman–Crippen LogP) is 3.28. The van der Waals surface area contributed by atoms with E-state index in [1.165, 1.54) is 6.07 Å². The van der Waals surface area contributed by atoms with E-state index in [9.17, 15) is 8.78 Å². The summed E-state index contributed by atoms with van der Waals surface area (Å²) in [6, 6.07) is 10.5. The molecule has 2 nitrogen and oxygen atoms in total. The smallest absolute Gasteiger partial charge is 0.167 e. The van der Waals surface area contributed by atoms with Crippen LogP contribution in [0, 0.1) is 23.5 Å². The molecule has 0 aliphatic heterocycles. The highest BCUT2D eigenvalue weighted by Crippen LogP contribution is 2.19. The summed E-state index contributed by atoms with van der Waals surface area (Å²) in [4.78, 5) is 0. The maximum atomic E-state index is 13.4. The van der Waals surface area contributed by atoms with E-state index in [0.717, 1.165) is 23.3 Å². The average Bonchev–Trinajstić information content (AvgIpc) is 2.48. The topological polar surface area (TPSA) is 29.5 Å². The van der Waals surface area contributed by atoms with Crippen molar-refractivity contribution in [2.24, 2.45) is 0 Å². The van der Waals surface area contributed by atoms with Crippen molar-refractivity contribution < 1.29 is 18.6 Å². The minimum Gasteiger partial charge on any atom is -0.486 e. The number of benzene rings is 2. The number of ether oxygens (including phenoxy) is 1. The Morgan fingerprint density at radius 1 is 1.05 bits per heavy atom.